The molecule has 7 nitrogen and oxygen atoms in total. The molecule has 10 heteroatoms. The fraction of sp³-hybridized carbons (Fsp3) is 0.148. The highest BCUT2D eigenvalue weighted by Gasteiger charge is 2.30. The van der Waals surface area contributed by atoms with Gasteiger partial charge in [-0.1, -0.05) is 30.3 Å². The first-order valence-corrected chi connectivity index (χ1v) is 11.4. The number of carbonyl (C=O) groups is 1. The smallest absolute Gasteiger partial charge is 0.338 e. The summed E-state index contributed by atoms with van der Waals surface area (Å²) in [6.07, 6.45) is 0.341. The standard InChI is InChI=1S/C27H21F3N6O/c1-16-8-9-18(22(37)12-17-5-3-7-20(11-17)27(28,29)30)13-21(16)33-25-23-26(36(2)15-32-23)35-24(34-25)19-6-4-10-31-14-19/h3-11,13-15H,12H2,1-2H3,(H,33,34,35). The molecule has 0 amide bonds. The summed E-state index contributed by atoms with van der Waals surface area (Å²) >= 11 is 0. The molecule has 0 unspecified atom stereocenters. The average Bonchev–Trinajstić information content (AvgIpc) is 3.26. The molecule has 0 fully saturated rings. The first-order valence-electron chi connectivity index (χ1n) is 11.4. The largest absolute Gasteiger partial charge is 0.416 e. The number of pyridine rings is 1. The van der Waals surface area contributed by atoms with Crippen molar-refractivity contribution in [3.05, 3.63) is 95.6 Å². The number of benzene rings is 2. The summed E-state index contributed by atoms with van der Waals surface area (Å²) in [5.74, 6) is 0.611. The third kappa shape index (κ3) is 5.04. The quantitative estimate of drug-likeness (QED) is 0.290. The Hall–Kier alpha value is -4.60. The van der Waals surface area contributed by atoms with Crippen molar-refractivity contribution in [2.75, 3.05) is 5.32 Å². The van der Waals surface area contributed by atoms with Crippen LogP contribution in [0.4, 0.5) is 24.7 Å². The maximum atomic E-state index is 13.1. The second kappa shape index (κ2) is 9.45. The molecule has 0 aliphatic rings. The highest BCUT2D eigenvalue weighted by atomic mass is 19.4. The lowest BCUT2D eigenvalue weighted by molar-refractivity contribution is -0.137. The Bertz CT molecular complexity index is 1610. The van der Waals surface area contributed by atoms with Gasteiger partial charge in [0.05, 0.1) is 11.9 Å². The lowest BCUT2D eigenvalue weighted by Crippen LogP contribution is -2.08. The van der Waals surface area contributed by atoms with Crippen molar-refractivity contribution in [1.29, 1.82) is 0 Å². The van der Waals surface area contributed by atoms with Crippen LogP contribution in [0.2, 0.25) is 0 Å². The summed E-state index contributed by atoms with van der Waals surface area (Å²) in [5, 5.41) is 3.28. The van der Waals surface area contributed by atoms with Crippen molar-refractivity contribution in [2.45, 2.75) is 19.5 Å². The van der Waals surface area contributed by atoms with Crippen LogP contribution >= 0.6 is 0 Å². The maximum absolute atomic E-state index is 13.1. The Kier molecular flexibility index (Phi) is 6.16. The predicted molar refractivity (Wildman–Crippen MR) is 133 cm³/mol. The summed E-state index contributed by atoms with van der Waals surface area (Å²) in [6, 6.07) is 13.6. The van der Waals surface area contributed by atoms with Gasteiger partial charge in [0.25, 0.3) is 0 Å². The number of Topliss-reactive ketones (excluding diaryl/α,β-unsaturated/α-hetero) is 1. The summed E-state index contributed by atoms with van der Waals surface area (Å²) in [5.41, 5.74) is 3.25. The molecule has 1 N–H and O–H groups in total. The minimum atomic E-state index is -4.47. The monoisotopic (exact) mass is 502 g/mol. The number of nitrogens with zero attached hydrogens (tertiary/aromatic N) is 5. The van der Waals surface area contributed by atoms with Crippen LogP contribution in [-0.4, -0.2) is 30.3 Å². The second-order valence-corrected chi connectivity index (χ2v) is 8.62. The molecular formula is C27H21F3N6O. The molecule has 0 radical (unpaired) electrons. The van der Waals surface area contributed by atoms with Gasteiger partial charge in [-0.15, -0.1) is 0 Å². The van der Waals surface area contributed by atoms with Crippen LogP contribution in [0.25, 0.3) is 22.6 Å². The van der Waals surface area contributed by atoms with Crippen LogP contribution in [0.1, 0.15) is 27.0 Å². The molecule has 0 aliphatic heterocycles. The molecule has 0 bridgehead atoms. The third-order valence-corrected chi connectivity index (χ3v) is 5.91. The zero-order valence-corrected chi connectivity index (χ0v) is 19.9. The van der Waals surface area contributed by atoms with E-state index in [1.54, 1.807) is 47.6 Å². The highest BCUT2D eigenvalue weighted by Crippen LogP contribution is 2.31. The second-order valence-electron chi connectivity index (χ2n) is 8.62. The molecule has 0 aliphatic carbocycles. The molecule has 0 saturated heterocycles. The number of alkyl halides is 3. The summed E-state index contributed by atoms with van der Waals surface area (Å²) in [4.78, 5) is 30.8. The van der Waals surface area contributed by atoms with Gasteiger partial charge in [-0.25, -0.2) is 15.0 Å². The summed E-state index contributed by atoms with van der Waals surface area (Å²) in [6.45, 7) is 1.88. The van der Waals surface area contributed by atoms with E-state index in [9.17, 15) is 18.0 Å². The molecule has 2 aromatic carbocycles. The number of imidazole rings is 1. The molecular weight excluding hydrogens is 481 g/mol. The molecule has 3 aromatic heterocycles. The van der Waals surface area contributed by atoms with E-state index in [1.165, 1.54) is 12.1 Å². The van der Waals surface area contributed by atoms with E-state index in [2.05, 4.69) is 25.3 Å². The van der Waals surface area contributed by atoms with Crippen LogP contribution in [0.15, 0.2) is 73.3 Å². The number of aryl methyl sites for hydroxylation is 2. The van der Waals surface area contributed by atoms with E-state index >= 15 is 0 Å². The van der Waals surface area contributed by atoms with Gasteiger partial charge in [-0.3, -0.25) is 9.78 Å². The van der Waals surface area contributed by atoms with E-state index < -0.39 is 11.7 Å². The molecule has 3 heterocycles. The van der Waals surface area contributed by atoms with Crippen molar-refractivity contribution in [2.24, 2.45) is 7.05 Å². The Balaban J connectivity index is 1.47. The number of nitrogens with one attached hydrogen (secondary N) is 1. The molecule has 37 heavy (non-hydrogen) atoms. The highest BCUT2D eigenvalue weighted by molar-refractivity contribution is 5.99. The minimum absolute atomic E-state index is 0.157. The van der Waals surface area contributed by atoms with Crippen molar-refractivity contribution in [3.8, 4) is 11.4 Å². The predicted octanol–water partition coefficient (Wildman–Crippen LogP) is 5.92. The number of carbonyl (C=O) groups excluding carboxylic acids is 1. The number of hydrogen-bond donors (Lipinski definition) is 1. The Labute approximate surface area is 210 Å². The average molecular weight is 503 g/mol. The van der Waals surface area contributed by atoms with E-state index in [0.717, 1.165) is 23.3 Å². The molecule has 186 valence electrons. The number of aromatic nitrogens is 5. The minimum Gasteiger partial charge on any atom is -0.338 e. The van der Waals surface area contributed by atoms with E-state index in [-0.39, 0.29) is 12.2 Å². The Morgan fingerprint density at radius 2 is 1.89 bits per heavy atom. The molecule has 0 atom stereocenters. The van der Waals surface area contributed by atoms with Crippen LogP contribution in [-0.2, 0) is 19.6 Å². The normalized spacial score (nSPS) is 11.6. The van der Waals surface area contributed by atoms with Gasteiger partial charge in [0, 0.05) is 42.7 Å². The van der Waals surface area contributed by atoms with Gasteiger partial charge in [0.15, 0.2) is 28.6 Å². The Morgan fingerprint density at radius 3 is 2.65 bits per heavy atom. The van der Waals surface area contributed by atoms with Gasteiger partial charge in [0.2, 0.25) is 0 Å². The van der Waals surface area contributed by atoms with E-state index in [0.29, 0.717) is 39.6 Å². The number of ketones is 1. The van der Waals surface area contributed by atoms with Gasteiger partial charge in [0.1, 0.15) is 0 Å². The topological polar surface area (TPSA) is 85.6 Å². The number of rotatable bonds is 6. The number of halogens is 3. The molecule has 5 aromatic rings. The first kappa shape index (κ1) is 24.1. The van der Waals surface area contributed by atoms with Gasteiger partial charge < -0.3 is 9.88 Å². The fourth-order valence-corrected chi connectivity index (χ4v) is 3.92. The molecule has 5 rings (SSSR count). The number of anilines is 2. The lowest BCUT2D eigenvalue weighted by atomic mass is 9.99. The Morgan fingerprint density at radius 1 is 1.05 bits per heavy atom. The zero-order valence-electron chi connectivity index (χ0n) is 19.9. The SMILES string of the molecule is Cc1ccc(C(=O)Cc2cccc(C(F)(F)F)c2)cc1Nc1nc(-c2cccnc2)nc2c1ncn2C. The maximum Gasteiger partial charge on any atom is 0.416 e. The number of fused-ring (bicyclic) bond motifs is 1. The van der Waals surface area contributed by atoms with Crippen molar-refractivity contribution >= 4 is 28.5 Å². The first-order chi connectivity index (χ1) is 17.7. The van der Waals surface area contributed by atoms with Gasteiger partial charge in [-0.05, 0) is 42.3 Å². The van der Waals surface area contributed by atoms with Gasteiger partial charge in [-0.2, -0.15) is 13.2 Å². The lowest BCUT2D eigenvalue weighted by Gasteiger charge is -2.13. The molecule has 0 saturated carbocycles. The number of hydrogen-bond acceptors (Lipinski definition) is 6. The van der Waals surface area contributed by atoms with E-state index in [4.69, 9.17) is 0 Å². The van der Waals surface area contributed by atoms with Gasteiger partial charge >= 0.3 is 6.18 Å². The summed E-state index contributed by atoms with van der Waals surface area (Å²) in [7, 11) is 1.83. The van der Waals surface area contributed by atoms with Crippen LogP contribution in [0, 0.1) is 6.92 Å². The third-order valence-electron chi connectivity index (χ3n) is 5.91. The zero-order chi connectivity index (χ0) is 26.2. The molecule has 0 spiro atoms. The van der Waals surface area contributed by atoms with Crippen LogP contribution in [0.3, 0.4) is 0 Å². The van der Waals surface area contributed by atoms with Crippen molar-refractivity contribution < 1.29 is 18.0 Å². The van der Waals surface area contributed by atoms with Crippen molar-refractivity contribution in [1.82, 2.24) is 24.5 Å². The van der Waals surface area contributed by atoms with Crippen LogP contribution < -0.4 is 5.32 Å². The van der Waals surface area contributed by atoms with E-state index in [1.807, 2.05) is 20.0 Å². The fourth-order valence-electron chi connectivity index (χ4n) is 3.92. The summed E-state index contributed by atoms with van der Waals surface area (Å²) < 4.78 is 41.0. The van der Waals surface area contributed by atoms with Crippen LogP contribution in [0.5, 0.6) is 0 Å². The van der Waals surface area contributed by atoms with Crippen molar-refractivity contribution in [3.63, 3.8) is 0 Å².